The van der Waals surface area contributed by atoms with E-state index in [1.165, 1.54) is 0 Å². The number of nitrogens with one attached hydrogen (secondary N) is 3. The molecular formula is C19H34N4O8. The van der Waals surface area contributed by atoms with Crippen LogP contribution in [0, 0.1) is 11.8 Å². The topological polar surface area (TPSA) is 208 Å². The minimum absolute atomic E-state index is 0.110. The third-order valence-electron chi connectivity index (χ3n) is 4.67. The molecule has 12 nitrogen and oxygen atoms in total. The first-order chi connectivity index (χ1) is 14.3. The zero-order chi connectivity index (χ0) is 24.3. The van der Waals surface area contributed by atoms with E-state index in [0.717, 1.165) is 0 Å². The average molecular weight is 447 g/mol. The minimum Gasteiger partial charge on any atom is -0.481 e. The molecule has 0 rings (SSSR count). The van der Waals surface area contributed by atoms with Crippen LogP contribution in [0.1, 0.15) is 47.0 Å². The molecular weight excluding hydrogens is 412 g/mol. The van der Waals surface area contributed by atoms with Gasteiger partial charge in [0.2, 0.25) is 17.7 Å². The van der Waals surface area contributed by atoms with Gasteiger partial charge in [-0.15, -0.1) is 0 Å². The molecule has 0 aromatic rings. The molecule has 0 aliphatic rings. The molecule has 3 amide bonds. The number of amides is 3. The maximum Gasteiger partial charge on any atom is 0.326 e. The summed E-state index contributed by atoms with van der Waals surface area (Å²) < 4.78 is 0. The number of aliphatic hydroxyl groups excluding tert-OH is 1. The van der Waals surface area contributed by atoms with Crippen LogP contribution in [0.15, 0.2) is 0 Å². The third-order valence-corrected chi connectivity index (χ3v) is 4.67. The Labute approximate surface area is 180 Å². The van der Waals surface area contributed by atoms with E-state index in [1.807, 2.05) is 13.8 Å². The van der Waals surface area contributed by atoms with Crippen LogP contribution < -0.4 is 21.7 Å². The molecule has 0 fully saturated rings. The van der Waals surface area contributed by atoms with E-state index in [-0.39, 0.29) is 5.92 Å². The molecule has 5 unspecified atom stereocenters. The van der Waals surface area contributed by atoms with E-state index >= 15 is 0 Å². The van der Waals surface area contributed by atoms with Crippen molar-refractivity contribution in [3.05, 3.63) is 0 Å². The highest BCUT2D eigenvalue weighted by Crippen LogP contribution is 2.09. The van der Waals surface area contributed by atoms with Crippen LogP contribution in [0.2, 0.25) is 0 Å². The number of carbonyl (C=O) groups is 5. The van der Waals surface area contributed by atoms with Crippen molar-refractivity contribution in [1.82, 2.24) is 16.0 Å². The second kappa shape index (κ2) is 13.5. The largest absolute Gasteiger partial charge is 0.481 e. The van der Waals surface area contributed by atoms with Crippen molar-refractivity contribution in [3.63, 3.8) is 0 Å². The van der Waals surface area contributed by atoms with Gasteiger partial charge in [0.15, 0.2) is 0 Å². The number of carboxylic acids is 2. The smallest absolute Gasteiger partial charge is 0.326 e. The number of nitrogens with two attached hydrogens (primary N) is 1. The molecule has 31 heavy (non-hydrogen) atoms. The number of aliphatic carboxylic acids is 2. The van der Waals surface area contributed by atoms with Gasteiger partial charge >= 0.3 is 11.9 Å². The van der Waals surface area contributed by atoms with Gasteiger partial charge in [-0.05, 0) is 18.3 Å². The molecule has 0 spiro atoms. The quantitative estimate of drug-likeness (QED) is 0.164. The van der Waals surface area contributed by atoms with Crippen LogP contribution in [-0.4, -0.2) is 75.8 Å². The Morgan fingerprint density at radius 3 is 1.81 bits per heavy atom. The normalized spacial score (nSPS) is 15.8. The van der Waals surface area contributed by atoms with E-state index in [4.69, 9.17) is 10.8 Å². The van der Waals surface area contributed by atoms with Crippen molar-refractivity contribution < 1.29 is 39.3 Å². The molecule has 0 heterocycles. The van der Waals surface area contributed by atoms with Gasteiger partial charge in [0.05, 0.1) is 19.1 Å². The molecule has 0 saturated carbocycles. The van der Waals surface area contributed by atoms with E-state index in [1.54, 1.807) is 13.8 Å². The molecule has 8 N–H and O–H groups in total. The molecule has 5 atom stereocenters. The van der Waals surface area contributed by atoms with Crippen LogP contribution >= 0.6 is 0 Å². The van der Waals surface area contributed by atoms with Crippen molar-refractivity contribution in [2.75, 3.05) is 6.61 Å². The highest BCUT2D eigenvalue weighted by Gasteiger charge is 2.32. The fourth-order valence-corrected chi connectivity index (χ4v) is 2.68. The van der Waals surface area contributed by atoms with Gasteiger partial charge in [-0.1, -0.05) is 34.1 Å². The Kier molecular flexibility index (Phi) is 12.4. The second-order valence-electron chi connectivity index (χ2n) is 7.85. The molecule has 0 bridgehead atoms. The van der Waals surface area contributed by atoms with E-state index < -0.39 is 72.8 Å². The summed E-state index contributed by atoms with van der Waals surface area (Å²) in [7, 11) is 0. The van der Waals surface area contributed by atoms with Crippen molar-refractivity contribution in [2.45, 2.75) is 71.1 Å². The van der Waals surface area contributed by atoms with Crippen LogP contribution in [-0.2, 0) is 24.0 Å². The summed E-state index contributed by atoms with van der Waals surface area (Å²) in [5.41, 5.74) is 5.74. The lowest BCUT2D eigenvalue weighted by Crippen LogP contribution is -2.59. The van der Waals surface area contributed by atoms with Gasteiger partial charge in [0.1, 0.15) is 18.1 Å². The Bertz CT molecular complexity index is 655. The summed E-state index contributed by atoms with van der Waals surface area (Å²) >= 11 is 0. The minimum atomic E-state index is -1.62. The monoisotopic (exact) mass is 446 g/mol. The van der Waals surface area contributed by atoms with Crippen molar-refractivity contribution >= 4 is 29.7 Å². The highest BCUT2D eigenvalue weighted by molar-refractivity contribution is 5.95. The number of carboxylic acid groups (broad SMARTS) is 2. The van der Waals surface area contributed by atoms with Crippen molar-refractivity contribution in [2.24, 2.45) is 17.6 Å². The lowest BCUT2D eigenvalue weighted by molar-refractivity contribution is -0.144. The van der Waals surface area contributed by atoms with Gasteiger partial charge in [-0.25, -0.2) is 4.79 Å². The first-order valence-electron chi connectivity index (χ1n) is 10.1. The summed E-state index contributed by atoms with van der Waals surface area (Å²) in [4.78, 5) is 59.6. The van der Waals surface area contributed by atoms with E-state index in [0.29, 0.717) is 12.8 Å². The Morgan fingerprint density at radius 1 is 0.871 bits per heavy atom. The average Bonchev–Trinajstić information content (AvgIpc) is 2.67. The summed E-state index contributed by atoms with van der Waals surface area (Å²) in [5, 5.41) is 34.4. The molecule has 178 valence electrons. The maximum absolute atomic E-state index is 12.5. The number of carbonyl (C=O) groups excluding carboxylic acids is 3. The summed E-state index contributed by atoms with van der Waals surface area (Å²) in [6, 6.07) is -5.30. The molecule has 0 aliphatic heterocycles. The number of hydrogen-bond acceptors (Lipinski definition) is 7. The van der Waals surface area contributed by atoms with Crippen LogP contribution in [0.25, 0.3) is 0 Å². The third kappa shape index (κ3) is 10.2. The van der Waals surface area contributed by atoms with Gasteiger partial charge < -0.3 is 37.0 Å². The van der Waals surface area contributed by atoms with Crippen LogP contribution in [0.4, 0.5) is 0 Å². The molecule has 0 radical (unpaired) electrons. The van der Waals surface area contributed by atoms with Crippen molar-refractivity contribution in [3.8, 4) is 0 Å². The van der Waals surface area contributed by atoms with E-state index in [9.17, 15) is 34.2 Å². The predicted octanol–water partition coefficient (Wildman–Crippen LogP) is -1.59. The molecule has 12 heteroatoms. The SMILES string of the molecule is CCC(C)C(NC(=O)C(CC(=O)O)NC(=O)C(CO)NC(=O)C(N)CC(C)C)C(=O)O. The molecule has 0 saturated heterocycles. The van der Waals surface area contributed by atoms with Gasteiger partial charge in [-0.3, -0.25) is 19.2 Å². The number of hydrogen-bond donors (Lipinski definition) is 7. The lowest BCUT2D eigenvalue weighted by Gasteiger charge is -2.25. The zero-order valence-corrected chi connectivity index (χ0v) is 18.3. The fraction of sp³-hybridized carbons (Fsp3) is 0.737. The van der Waals surface area contributed by atoms with Gasteiger partial charge in [0.25, 0.3) is 0 Å². The van der Waals surface area contributed by atoms with Gasteiger partial charge in [-0.2, -0.15) is 0 Å². The zero-order valence-electron chi connectivity index (χ0n) is 18.3. The standard InChI is InChI=1S/C19H34N4O8/c1-5-10(4)15(19(30)31)23-17(28)12(7-14(25)26)21-18(29)13(8-24)22-16(27)11(20)6-9(2)3/h9-13,15,24H,5-8,20H2,1-4H3,(H,21,29)(H,22,27)(H,23,28)(H,25,26)(H,30,31). The second-order valence-corrected chi connectivity index (χ2v) is 7.85. The molecule has 0 aromatic carbocycles. The molecule has 0 aromatic heterocycles. The highest BCUT2D eigenvalue weighted by atomic mass is 16.4. The lowest BCUT2D eigenvalue weighted by atomic mass is 9.98. The number of aliphatic hydroxyl groups is 1. The number of rotatable bonds is 14. The Hall–Kier alpha value is -2.73. The maximum atomic E-state index is 12.5. The summed E-state index contributed by atoms with van der Waals surface area (Å²) in [6.07, 6.45) is -0.0618. The van der Waals surface area contributed by atoms with Crippen molar-refractivity contribution in [1.29, 1.82) is 0 Å². The summed E-state index contributed by atoms with van der Waals surface area (Å²) in [6.45, 7) is 6.20. The first-order valence-corrected chi connectivity index (χ1v) is 10.1. The Morgan fingerprint density at radius 2 is 1.39 bits per heavy atom. The van der Waals surface area contributed by atoms with Crippen LogP contribution in [0.3, 0.4) is 0 Å². The molecule has 0 aliphatic carbocycles. The fourth-order valence-electron chi connectivity index (χ4n) is 2.68. The van der Waals surface area contributed by atoms with E-state index in [2.05, 4.69) is 16.0 Å². The Balaban J connectivity index is 5.32. The first kappa shape index (κ1) is 28.3. The summed E-state index contributed by atoms with van der Waals surface area (Å²) in [5.74, 6) is -5.77. The predicted molar refractivity (Wildman–Crippen MR) is 110 cm³/mol. The van der Waals surface area contributed by atoms with Gasteiger partial charge in [0, 0.05) is 0 Å². The van der Waals surface area contributed by atoms with Crippen LogP contribution in [0.5, 0.6) is 0 Å².